The van der Waals surface area contributed by atoms with Crippen LogP contribution in [-0.4, -0.2) is 27.3 Å². The first-order valence-corrected chi connectivity index (χ1v) is 7.75. The number of nitrogens with one attached hydrogen (secondary N) is 1. The number of halogens is 1. The zero-order chi connectivity index (χ0) is 17.1. The van der Waals surface area contributed by atoms with Crippen molar-refractivity contribution in [3.8, 4) is 5.69 Å². The summed E-state index contributed by atoms with van der Waals surface area (Å²) in [5, 5.41) is 17.4. The molecule has 0 bridgehead atoms. The van der Waals surface area contributed by atoms with Gasteiger partial charge in [0.25, 0.3) is 5.91 Å². The third-order valence-electron chi connectivity index (χ3n) is 3.54. The Morgan fingerprint density at radius 1 is 1.38 bits per heavy atom. The smallest absolute Gasteiger partial charge is 0.272 e. The minimum Gasteiger partial charge on any atom is -0.467 e. The van der Waals surface area contributed by atoms with Crippen molar-refractivity contribution < 1.29 is 14.3 Å². The van der Waals surface area contributed by atoms with E-state index in [1.54, 1.807) is 36.0 Å². The van der Waals surface area contributed by atoms with Crippen molar-refractivity contribution in [1.29, 1.82) is 0 Å². The number of carbonyl (C=O) groups is 1. The third-order valence-corrected chi connectivity index (χ3v) is 3.86. The second-order valence-corrected chi connectivity index (χ2v) is 5.71. The average molecular weight is 346 g/mol. The van der Waals surface area contributed by atoms with Crippen molar-refractivity contribution in [1.82, 2.24) is 15.1 Å². The number of aryl methyl sites for hydroxylation is 1. The molecule has 3 aromatic rings. The van der Waals surface area contributed by atoms with Crippen LogP contribution in [0.3, 0.4) is 0 Å². The van der Waals surface area contributed by atoms with Gasteiger partial charge in [0.2, 0.25) is 0 Å². The first kappa shape index (κ1) is 16.3. The summed E-state index contributed by atoms with van der Waals surface area (Å²) >= 11 is 6.15. The highest BCUT2D eigenvalue weighted by Gasteiger charge is 2.18. The summed E-state index contributed by atoms with van der Waals surface area (Å²) in [6, 6.07) is 10.6. The van der Waals surface area contributed by atoms with Crippen LogP contribution in [-0.2, 0) is 0 Å². The molecule has 1 atom stereocenters. The van der Waals surface area contributed by atoms with Crippen molar-refractivity contribution in [2.75, 3.05) is 6.54 Å². The Morgan fingerprint density at radius 3 is 2.88 bits per heavy atom. The number of hydrogen-bond acceptors (Lipinski definition) is 4. The van der Waals surface area contributed by atoms with E-state index < -0.39 is 6.10 Å². The topological polar surface area (TPSA) is 80.3 Å². The van der Waals surface area contributed by atoms with E-state index >= 15 is 0 Å². The molecule has 0 spiro atoms. The molecule has 0 radical (unpaired) electrons. The first-order chi connectivity index (χ1) is 11.6. The number of para-hydroxylation sites is 1. The Labute approximate surface area is 143 Å². The van der Waals surface area contributed by atoms with E-state index in [0.717, 1.165) is 0 Å². The zero-order valence-electron chi connectivity index (χ0n) is 12.9. The molecule has 0 aliphatic rings. The summed E-state index contributed by atoms with van der Waals surface area (Å²) in [4.78, 5) is 12.3. The summed E-state index contributed by atoms with van der Waals surface area (Å²) in [5.41, 5.74) is 1.68. The molecule has 0 unspecified atom stereocenters. The van der Waals surface area contributed by atoms with E-state index in [-0.39, 0.29) is 18.1 Å². The van der Waals surface area contributed by atoms with Crippen LogP contribution in [0.2, 0.25) is 5.02 Å². The summed E-state index contributed by atoms with van der Waals surface area (Å²) in [5.74, 6) is 0.0255. The van der Waals surface area contributed by atoms with Crippen LogP contribution in [0.1, 0.15) is 27.9 Å². The number of aliphatic hydroxyl groups excluding tert-OH is 1. The highest BCUT2D eigenvalue weighted by atomic mass is 35.5. The standard InChI is InChI=1S/C17H16ClN3O3/c1-11-10-21(13-6-3-2-5-12(13)18)20-16(11)17(23)19-9-14(22)15-7-4-8-24-15/h2-8,10,14,22H,9H2,1H3,(H,19,23)/t14-/m1/s1. The summed E-state index contributed by atoms with van der Waals surface area (Å²) < 4.78 is 6.66. The van der Waals surface area contributed by atoms with Gasteiger partial charge in [-0.25, -0.2) is 4.68 Å². The van der Waals surface area contributed by atoms with Gasteiger partial charge in [0.05, 0.1) is 23.5 Å². The average Bonchev–Trinajstić information content (AvgIpc) is 3.22. The molecule has 3 rings (SSSR count). The molecule has 2 N–H and O–H groups in total. The fraction of sp³-hybridized carbons (Fsp3) is 0.176. The van der Waals surface area contributed by atoms with E-state index in [9.17, 15) is 9.90 Å². The lowest BCUT2D eigenvalue weighted by Gasteiger charge is -2.08. The van der Waals surface area contributed by atoms with Gasteiger partial charge in [-0.15, -0.1) is 0 Å². The highest BCUT2D eigenvalue weighted by Crippen LogP contribution is 2.20. The van der Waals surface area contributed by atoms with E-state index in [0.29, 0.717) is 22.0 Å². The summed E-state index contributed by atoms with van der Waals surface area (Å²) in [6.07, 6.45) is 2.30. The number of furan rings is 1. The molecule has 1 amide bonds. The molecule has 124 valence electrons. The van der Waals surface area contributed by atoms with Crippen molar-refractivity contribution in [3.05, 3.63) is 70.9 Å². The molecule has 0 saturated heterocycles. The van der Waals surface area contributed by atoms with Gasteiger partial charge < -0.3 is 14.8 Å². The summed E-state index contributed by atoms with van der Waals surface area (Å²) in [7, 11) is 0. The van der Waals surface area contributed by atoms with Crippen molar-refractivity contribution >= 4 is 17.5 Å². The third kappa shape index (κ3) is 3.34. The maximum Gasteiger partial charge on any atom is 0.272 e. The van der Waals surface area contributed by atoms with E-state index in [2.05, 4.69) is 10.4 Å². The van der Waals surface area contributed by atoms with Crippen LogP contribution >= 0.6 is 11.6 Å². The van der Waals surface area contributed by atoms with Crippen LogP contribution in [0.4, 0.5) is 0 Å². The largest absolute Gasteiger partial charge is 0.467 e. The second-order valence-electron chi connectivity index (χ2n) is 5.30. The normalized spacial score (nSPS) is 12.1. The predicted octanol–water partition coefficient (Wildman–Crippen LogP) is 2.89. The number of rotatable bonds is 5. The quantitative estimate of drug-likeness (QED) is 0.745. The van der Waals surface area contributed by atoms with Gasteiger partial charge in [0.15, 0.2) is 5.69 Å². The van der Waals surface area contributed by atoms with Gasteiger partial charge in [-0.05, 0) is 31.2 Å². The lowest BCUT2D eigenvalue weighted by atomic mass is 10.2. The number of benzene rings is 1. The maximum atomic E-state index is 12.3. The van der Waals surface area contributed by atoms with Crippen LogP contribution in [0.5, 0.6) is 0 Å². The van der Waals surface area contributed by atoms with Crippen LogP contribution in [0.15, 0.2) is 53.3 Å². The van der Waals surface area contributed by atoms with Gasteiger partial charge >= 0.3 is 0 Å². The minimum atomic E-state index is -0.907. The molecule has 0 saturated carbocycles. The predicted molar refractivity (Wildman–Crippen MR) is 89.3 cm³/mol. The summed E-state index contributed by atoms with van der Waals surface area (Å²) in [6.45, 7) is 1.82. The fourth-order valence-corrected chi connectivity index (χ4v) is 2.52. The van der Waals surface area contributed by atoms with Gasteiger partial charge in [-0.1, -0.05) is 23.7 Å². The maximum absolute atomic E-state index is 12.3. The van der Waals surface area contributed by atoms with Gasteiger partial charge in [0, 0.05) is 11.8 Å². The van der Waals surface area contributed by atoms with Crippen LogP contribution in [0, 0.1) is 6.92 Å². The molecule has 7 heteroatoms. The molecular formula is C17H16ClN3O3. The number of aliphatic hydroxyl groups is 1. The number of aromatic nitrogens is 2. The van der Waals surface area contributed by atoms with Crippen molar-refractivity contribution in [3.63, 3.8) is 0 Å². The van der Waals surface area contributed by atoms with Crippen molar-refractivity contribution in [2.45, 2.75) is 13.0 Å². The monoisotopic (exact) mass is 345 g/mol. The number of carbonyl (C=O) groups excluding carboxylic acids is 1. The molecule has 0 aliphatic carbocycles. The molecule has 24 heavy (non-hydrogen) atoms. The Balaban J connectivity index is 1.73. The molecule has 1 aromatic carbocycles. The van der Waals surface area contributed by atoms with Gasteiger partial charge in [-0.2, -0.15) is 5.10 Å². The highest BCUT2D eigenvalue weighted by molar-refractivity contribution is 6.32. The van der Waals surface area contributed by atoms with E-state index in [4.69, 9.17) is 16.0 Å². The van der Waals surface area contributed by atoms with Gasteiger partial charge in [0.1, 0.15) is 11.9 Å². The Morgan fingerprint density at radius 2 is 2.17 bits per heavy atom. The molecule has 0 aliphatic heterocycles. The fourth-order valence-electron chi connectivity index (χ4n) is 2.30. The second kappa shape index (κ2) is 6.90. The Hall–Kier alpha value is -2.57. The number of amides is 1. The number of hydrogen-bond donors (Lipinski definition) is 2. The minimum absolute atomic E-state index is 0.0325. The Bertz CT molecular complexity index is 843. The zero-order valence-corrected chi connectivity index (χ0v) is 13.7. The first-order valence-electron chi connectivity index (χ1n) is 7.37. The lowest BCUT2D eigenvalue weighted by Crippen LogP contribution is -2.29. The molecule has 6 nitrogen and oxygen atoms in total. The molecule has 0 fully saturated rings. The SMILES string of the molecule is Cc1cn(-c2ccccc2Cl)nc1C(=O)NC[C@@H](O)c1ccco1. The van der Waals surface area contributed by atoms with E-state index in [1.807, 2.05) is 18.2 Å². The van der Waals surface area contributed by atoms with Crippen LogP contribution in [0.25, 0.3) is 5.69 Å². The Kier molecular flexibility index (Phi) is 4.69. The molecular weight excluding hydrogens is 330 g/mol. The van der Waals surface area contributed by atoms with E-state index in [1.165, 1.54) is 6.26 Å². The molecule has 2 aromatic heterocycles. The lowest BCUT2D eigenvalue weighted by molar-refractivity contribution is 0.0895. The van der Waals surface area contributed by atoms with Crippen LogP contribution < -0.4 is 5.32 Å². The van der Waals surface area contributed by atoms with Gasteiger partial charge in [-0.3, -0.25) is 4.79 Å². The molecule has 2 heterocycles. The van der Waals surface area contributed by atoms with Crippen molar-refractivity contribution in [2.24, 2.45) is 0 Å². The number of nitrogens with zero attached hydrogens (tertiary/aromatic N) is 2.